The van der Waals surface area contributed by atoms with E-state index >= 15 is 0 Å². The van der Waals surface area contributed by atoms with Crippen LogP contribution in [0.3, 0.4) is 0 Å². The van der Waals surface area contributed by atoms with Crippen molar-refractivity contribution in [2.24, 2.45) is 0 Å². The summed E-state index contributed by atoms with van der Waals surface area (Å²) in [5.41, 5.74) is 0.954. The van der Waals surface area contributed by atoms with Gasteiger partial charge in [-0.25, -0.2) is 4.79 Å². The van der Waals surface area contributed by atoms with E-state index in [9.17, 15) is 9.59 Å². The van der Waals surface area contributed by atoms with Crippen molar-refractivity contribution >= 4 is 16.9 Å². The molecule has 1 N–H and O–H groups in total. The van der Waals surface area contributed by atoms with Gasteiger partial charge in [-0.1, -0.05) is 20.8 Å². The molecule has 2 rings (SSSR count). The van der Waals surface area contributed by atoms with Crippen LogP contribution >= 0.6 is 0 Å². The third-order valence-corrected chi connectivity index (χ3v) is 3.30. The Bertz CT molecular complexity index is 750. The van der Waals surface area contributed by atoms with E-state index in [1.807, 2.05) is 20.8 Å². The molecule has 112 valence electrons. The third kappa shape index (κ3) is 3.07. The number of ether oxygens (including phenoxy) is 1. The van der Waals surface area contributed by atoms with Gasteiger partial charge in [-0.3, -0.25) is 4.79 Å². The molecule has 5 nitrogen and oxygen atoms in total. The second-order valence-corrected chi connectivity index (χ2v) is 5.96. The molecule has 1 aromatic carbocycles. The number of carboxylic acid groups (broad SMARTS) is 1. The van der Waals surface area contributed by atoms with Crippen LogP contribution in [0.5, 0.6) is 5.75 Å². The highest BCUT2D eigenvalue weighted by molar-refractivity contribution is 5.86. The Morgan fingerprint density at radius 3 is 2.48 bits per heavy atom. The molecule has 0 aliphatic rings. The Hall–Kier alpha value is -2.30. The van der Waals surface area contributed by atoms with E-state index in [1.54, 1.807) is 19.2 Å². The summed E-state index contributed by atoms with van der Waals surface area (Å²) in [5, 5.41) is 9.55. The van der Waals surface area contributed by atoms with E-state index in [2.05, 4.69) is 0 Å². The fourth-order valence-electron chi connectivity index (χ4n) is 2.32. The van der Waals surface area contributed by atoms with Crippen LogP contribution in [0.2, 0.25) is 0 Å². The lowest BCUT2D eigenvalue weighted by atomic mass is 9.85. The van der Waals surface area contributed by atoms with Crippen molar-refractivity contribution in [3.05, 3.63) is 39.7 Å². The zero-order valence-corrected chi connectivity index (χ0v) is 12.5. The first kappa shape index (κ1) is 15.1. The largest absolute Gasteiger partial charge is 0.496 e. The highest BCUT2D eigenvalue weighted by Crippen LogP contribution is 2.35. The number of aliphatic carboxylic acids is 1. The van der Waals surface area contributed by atoms with E-state index in [0.29, 0.717) is 22.3 Å². The van der Waals surface area contributed by atoms with Gasteiger partial charge in [0.1, 0.15) is 11.3 Å². The van der Waals surface area contributed by atoms with Crippen LogP contribution in [0, 0.1) is 0 Å². The van der Waals surface area contributed by atoms with Crippen LogP contribution < -0.4 is 10.4 Å². The van der Waals surface area contributed by atoms with E-state index in [0.717, 1.165) is 5.56 Å². The van der Waals surface area contributed by atoms with Crippen LogP contribution in [0.1, 0.15) is 31.9 Å². The molecule has 1 heterocycles. The fraction of sp³-hybridized carbons (Fsp3) is 0.375. The maximum atomic E-state index is 11.6. The molecule has 0 unspecified atom stereocenters. The van der Waals surface area contributed by atoms with Crippen LogP contribution in [0.4, 0.5) is 0 Å². The highest BCUT2D eigenvalue weighted by Gasteiger charge is 2.21. The quantitative estimate of drug-likeness (QED) is 0.879. The minimum atomic E-state index is -0.999. The van der Waals surface area contributed by atoms with Crippen molar-refractivity contribution < 1.29 is 19.1 Å². The van der Waals surface area contributed by atoms with Crippen molar-refractivity contribution in [1.29, 1.82) is 0 Å². The first-order chi connectivity index (χ1) is 9.72. The number of methoxy groups -OCH3 is 1. The van der Waals surface area contributed by atoms with Gasteiger partial charge >= 0.3 is 11.6 Å². The molecule has 0 saturated heterocycles. The first-order valence-corrected chi connectivity index (χ1v) is 6.59. The van der Waals surface area contributed by atoms with E-state index in [1.165, 1.54) is 6.07 Å². The van der Waals surface area contributed by atoms with Crippen molar-refractivity contribution in [2.75, 3.05) is 7.11 Å². The molecule has 0 spiro atoms. The van der Waals surface area contributed by atoms with E-state index < -0.39 is 11.6 Å². The number of carboxylic acids is 1. The predicted molar refractivity (Wildman–Crippen MR) is 79.1 cm³/mol. The summed E-state index contributed by atoms with van der Waals surface area (Å²) in [7, 11) is 1.56. The number of benzene rings is 1. The smallest absolute Gasteiger partial charge is 0.336 e. The maximum absolute atomic E-state index is 11.6. The predicted octanol–water partition coefficient (Wildman–Crippen LogP) is 2.73. The van der Waals surface area contributed by atoms with Gasteiger partial charge in [0.05, 0.1) is 13.5 Å². The lowest BCUT2D eigenvalue weighted by Crippen LogP contribution is -2.14. The topological polar surface area (TPSA) is 76.7 Å². The maximum Gasteiger partial charge on any atom is 0.336 e. The first-order valence-electron chi connectivity index (χ1n) is 6.59. The van der Waals surface area contributed by atoms with Crippen LogP contribution in [-0.2, 0) is 16.6 Å². The van der Waals surface area contributed by atoms with Crippen LogP contribution in [0.25, 0.3) is 11.0 Å². The lowest BCUT2D eigenvalue weighted by Gasteiger charge is -2.22. The number of hydrogen-bond donors (Lipinski definition) is 1. The minimum Gasteiger partial charge on any atom is -0.496 e. The van der Waals surface area contributed by atoms with Gasteiger partial charge in [-0.15, -0.1) is 0 Å². The molecule has 5 heteroatoms. The van der Waals surface area contributed by atoms with Crippen LogP contribution in [-0.4, -0.2) is 18.2 Å². The molecule has 0 amide bonds. The summed E-state index contributed by atoms with van der Waals surface area (Å²) >= 11 is 0. The van der Waals surface area contributed by atoms with Crippen molar-refractivity contribution in [3.63, 3.8) is 0 Å². The Morgan fingerprint density at radius 2 is 1.95 bits per heavy atom. The summed E-state index contributed by atoms with van der Waals surface area (Å²) in [6.07, 6.45) is -0.236. The lowest BCUT2D eigenvalue weighted by molar-refractivity contribution is -0.136. The molecule has 0 radical (unpaired) electrons. The number of hydrogen-bond acceptors (Lipinski definition) is 4. The number of fused-ring (bicyclic) bond motifs is 1. The minimum absolute atomic E-state index is 0.194. The molecule has 0 bridgehead atoms. The molecule has 0 aliphatic carbocycles. The summed E-state index contributed by atoms with van der Waals surface area (Å²) < 4.78 is 10.6. The average molecular weight is 290 g/mol. The molecule has 0 atom stereocenters. The number of rotatable bonds is 3. The Kier molecular flexibility index (Phi) is 3.77. The fourth-order valence-corrected chi connectivity index (χ4v) is 2.32. The average Bonchev–Trinajstić information content (AvgIpc) is 2.35. The highest BCUT2D eigenvalue weighted by atomic mass is 16.5. The van der Waals surface area contributed by atoms with Gasteiger partial charge in [0, 0.05) is 17.0 Å². The Balaban J connectivity index is 2.80. The second kappa shape index (κ2) is 5.24. The molecular weight excluding hydrogens is 272 g/mol. The van der Waals surface area contributed by atoms with Gasteiger partial charge in [0.2, 0.25) is 0 Å². The summed E-state index contributed by atoms with van der Waals surface area (Å²) in [5.74, 6) is -0.351. The van der Waals surface area contributed by atoms with Gasteiger partial charge in [0.15, 0.2) is 0 Å². The summed E-state index contributed by atoms with van der Waals surface area (Å²) in [6.45, 7) is 6.07. The van der Waals surface area contributed by atoms with Crippen LogP contribution in [0.15, 0.2) is 27.4 Å². The van der Waals surface area contributed by atoms with Crippen molar-refractivity contribution in [3.8, 4) is 5.75 Å². The molecule has 2 aromatic rings. The zero-order valence-electron chi connectivity index (χ0n) is 12.5. The van der Waals surface area contributed by atoms with E-state index in [-0.39, 0.29) is 11.8 Å². The van der Waals surface area contributed by atoms with Gasteiger partial charge in [0.25, 0.3) is 0 Å². The summed E-state index contributed by atoms with van der Waals surface area (Å²) in [4.78, 5) is 22.6. The number of carbonyl (C=O) groups is 1. The molecule has 0 fully saturated rings. The van der Waals surface area contributed by atoms with Gasteiger partial charge < -0.3 is 14.3 Å². The second-order valence-electron chi connectivity index (χ2n) is 5.96. The van der Waals surface area contributed by atoms with Crippen molar-refractivity contribution in [2.45, 2.75) is 32.6 Å². The van der Waals surface area contributed by atoms with Gasteiger partial charge in [-0.05, 0) is 23.1 Å². The van der Waals surface area contributed by atoms with Crippen molar-refractivity contribution in [1.82, 2.24) is 0 Å². The summed E-state index contributed by atoms with van der Waals surface area (Å²) in [6, 6.07) is 4.70. The monoisotopic (exact) mass is 290 g/mol. The Morgan fingerprint density at radius 1 is 1.29 bits per heavy atom. The molecule has 0 saturated carbocycles. The third-order valence-electron chi connectivity index (χ3n) is 3.30. The molecular formula is C16H18O5. The normalized spacial score (nSPS) is 11.6. The molecule has 0 aliphatic heterocycles. The zero-order chi connectivity index (χ0) is 15.8. The molecule has 21 heavy (non-hydrogen) atoms. The van der Waals surface area contributed by atoms with Gasteiger partial charge in [-0.2, -0.15) is 0 Å². The standard InChI is InChI=1S/C16H18O5/c1-16(2,3)11-8-12-10(7-13(11)20-4)9(5-14(17)18)6-15(19)21-12/h6-8H,5H2,1-4H3,(H,17,18). The van der Waals surface area contributed by atoms with E-state index in [4.69, 9.17) is 14.3 Å². The SMILES string of the molecule is COc1cc2c(CC(=O)O)cc(=O)oc2cc1C(C)(C)C. The molecule has 1 aromatic heterocycles. The Labute approximate surface area is 122 Å².